The van der Waals surface area contributed by atoms with Gasteiger partial charge in [0.05, 0.1) is 41.7 Å². The highest BCUT2D eigenvalue weighted by molar-refractivity contribution is 5.68. The minimum absolute atomic E-state index is 0.0371. The van der Waals surface area contributed by atoms with Crippen molar-refractivity contribution < 1.29 is 20.2 Å². The lowest BCUT2D eigenvalue weighted by Crippen LogP contribution is -2.49. The highest BCUT2D eigenvalue weighted by Gasteiger charge is 2.43. The molecule has 5 unspecified atom stereocenters. The van der Waals surface area contributed by atoms with E-state index in [1.807, 2.05) is 5.01 Å². The van der Waals surface area contributed by atoms with Crippen LogP contribution in [-0.4, -0.2) is 79.1 Å². The maximum atomic E-state index is 11.1. The summed E-state index contributed by atoms with van der Waals surface area (Å²) in [5, 5.41) is 48.6. The Kier molecular flexibility index (Phi) is 5.74. The number of hydrazine groups is 1. The van der Waals surface area contributed by atoms with Crippen molar-refractivity contribution in [3.8, 4) is 0 Å². The third-order valence-electron chi connectivity index (χ3n) is 6.81. The number of nitrogens with zero attached hydrogens (tertiary/aromatic N) is 6. The number of benzene rings is 1. The normalized spacial score (nSPS) is 28.8. The molecule has 1 aliphatic carbocycles. The Bertz CT molecular complexity index is 1040. The van der Waals surface area contributed by atoms with E-state index < -0.39 is 23.2 Å². The molecule has 3 aliphatic rings. The first-order valence-electron chi connectivity index (χ1n) is 11.1. The predicted octanol–water partition coefficient (Wildman–Crippen LogP) is 0.325. The van der Waals surface area contributed by atoms with Gasteiger partial charge in [-0.15, -0.1) is 0 Å². The number of anilines is 1. The molecule has 1 saturated carbocycles. The lowest BCUT2D eigenvalue weighted by atomic mass is 10.1. The van der Waals surface area contributed by atoms with Crippen LogP contribution in [0.2, 0.25) is 0 Å². The van der Waals surface area contributed by atoms with E-state index in [9.17, 15) is 25.4 Å². The number of hydrogen-bond donors (Lipinski definition) is 4. The van der Waals surface area contributed by atoms with Crippen LogP contribution in [0.15, 0.2) is 35.6 Å². The van der Waals surface area contributed by atoms with E-state index in [2.05, 4.69) is 20.3 Å². The first-order valence-corrected chi connectivity index (χ1v) is 11.1. The van der Waals surface area contributed by atoms with Crippen LogP contribution in [0.25, 0.3) is 0 Å². The summed E-state index contributed by atoms with van der Waals surface area (Å²) in [7, 11) is 0. The van der Waals surface area contributed by atoms with Crippen molar-refractivity contribution in [3.05, 3.63) is 46.4 Å². The molecule has 0 amide bonds. The van der Waals surface area contributed by atoms with Gasteiger partial charge >= 0.3 is 0 Å². The van der Waals surface area contributed by atoms with Crippen molar-refractivity contribution >= 4 is 23.5 Å². The minimum Gasteiger partial charge on any atom is -0.396 e. The number of aliphatic imine (C=N–C) groups is 1. The molecule has 2 fully saturated rings. The highest BCUT2D eigenvalue weighted by Crippen LogP contribution is 2.39. The van der Waals surface area contributed by atoms with Gasteiger partial charge in [-0.05, 0) is 31.5 Å². The summed E-state index contributed by atoms with van der Waals surface area (Å²) in [4.78, 5) is 19.8. The summed E-state index contributed by atoms with van der Waals surface area (Å²) in [5.74, 6) is 0.230. The van der Waals surface area contributed by atoms with Gasteiger partial charge in [0.1, 0.15) is 18.1 Å². The summed E-state index contributed by atoms with van der Waals surface area (Å²) in [6.07, 6.45) is 2.69. The maximum absolute atomic E-state index is 11.1. The molecule has 12 nitrogen and oxygen atoms in total. The molecule has 0 bridgehead atoms. The Hall–Kier alpha value is -3.06. The Morgan fingerprint density at radius 2 is 2.03 bits per heavy atom. The molecule has 1 aromatic carbocycles. The Morgan fingerprint density at radius 3 is 2.67 bits per heavy atom. The van der Waals surface area contributed by atoms with Crippen LogP contribution in [0.1, 0.15) is 24.6 Å². The molecule has 3 heterocycles. The second-order valence-corrected chi connectivity index (χ2v) is 8.76. The topological polar surface area (TPSA) is 153 Å². The van der Waals surface area contributed by atoms with Gasteiger partial charge in [-0.1, -0.05) is 0 Å². The monoisotopic (exact) mass is 457 g/mol. The number of nitrogens with one attached hydrogen (secondary N) is 1. The van der Waals surface area contributed by atoms with E-state index in [4.69, 9.17) is 0 Å². The van der Waals surface area contributed by atoms with E-state index in [-0.39, 0.29) is 24.3 Å². The summed E-state index contributed by atoms with van der Waals surface area (Å²) < 4.78 is 1.78. The molecule has 0 radical (unpaired) electrons. The fourth-order valence-corrected chi connectivity index (χ4v) is 5.04. The molecule has 4 N–H and O–H groups in total. The SMILES string of the molecule is O=[N+]([O-])c1ccc(N(C2CCNC2)N2C=Nc3c(ncn3C3CC(CO)C(O)C3O)C2)cc1. The molecule has 2 aromatic rings. The fourth-order valence-electron chi connectivity index (χ4n) is 5.04. The van der Waals surface area contributed by atoms with Crippen LogP contribution in [0.4, 0.5) is 17.2 Å². The molecule has 0 spiro atoms. The minimum atomic E-state index is -1.00. The van der Waals surface area contributed by atoms with E-state index >= 15 is 0 Å². The van der Waals surface area contributed by atoms with Gasteiger partial charge in [0.25, 0.3) is 5.69 Å². The van der Waals surface area contributed by atoms with Crippen LogP contribution in [0.5, 0.6) is 0 Å². The van der Waals surface area contributed by atoms with Crippen LogP contribution < -0.4 is 10.3 Å². The second-order valence-electron chi connectivity index (χ2n) is 8.76. The summed E-state index contributed by atoms with van der Waals surface area (Å²) in [6.45, 7) is 1.90. The zero-order valence-electron chi connectivity index (χ0n) is 17.9. The van der Waals surface area contributed by atoms with Gasteiger partial charge in [-0.2, -0.15) is 0 Å². The molecule has 1 aromatic heterocycles. The smallest absolute Gasteiger partial charge is 0.269 e. The lowest BCUT2D eigenvalue weighted by Gasteiger charge is -2.40. The average Bonchev–Trinajstić information content (AvgIpc) is 3.55. The number of fused-ring (bicyclic) bond motifs is 1. The predicted molar refractivity (Wildman–Crippen MR) is 119 cm³/mol. The van der Waals surface area contributed by atoms with Crippen molar-refractivity contribution in [3.63, 3.8) is 0 Å². The number of aromatic nitrogens is 2. The standard InChI is InChI=1S/C21H27N7O5/c29-10-13-7-18(20(31)19(13)30)26-12-23-17-9-25(11-24-21(17)26)27(16-5-6-22-8-16)14-1-3-15(4-2-14)28(32)33/h1-4,11-13,16,18-20,22,29-31H,5-10H2. The summed E-state index contributed by atoms with van der Waals surface area (Å²) in [6, 6.07) is 6.21. The van der Waals surface area contributed by atoms with E-state index in [0.717, 1.165) is 30.9 Å². The zero-order chi connectivity index (χ0) is 23.1. The fraction of sp³-hybridized carbons (Fsp3) is 0.524. The van der Waals surface area contributed by atoms with Gasteiger partial charge < -0.3 is 25.2 Å². The highest BCUT2D eigenvalue weighted by atomic mass is 16.6. The number of hydrogen-bond acceptors (Lipinski definition) is 10. The van der Waals surface area contributed by atoms with Crippen molar-refractivity contribution in [2.24, 2.45) is 10.9 Å². The Balaban J connectivity index is 1.42. The van der Waals surface area contributed by atoms with Crippen molar-refractivity contribution in [1.29, 1.82) is 0 Å². The molecule has 12 heteroatoms. The molecule has 33 heavy (non-hydrogen) atoms. The average molecular weight is 457 g/mol. The maximum Gasteiger partial charge on any atom is 0.269 e. The molecule has 5 rings (SSSR count). The number of aliphatic hydroxyl groups is 3. The second kappa shape index (κ2) is 8.71. The Labute approximate surface area is 189 Å². The van der Waals surface area contributed by atoms with Crippen LogP contribution in [0.3, 0.4) is 0 Å². The first kappa shape index (κ1) is 21.8. The quantitative estimate of drug-likeness (QED) is 0.355. The largest absolute Gasteiger partial charge is 0.396 e. The van der Waals surface area contributed by atoms with Gasteiger partial charge in [-0.25, -0.2) is 9.98 Å². The number of non-ortho nitro benzene ring substituents is 1. The van der Waals surface area contributed by atoms with Crippen LogP contribution >= 0.6 is 0 Å². The van der Waals surface area contributed by atoms with Crippen LogP contribution in [-0.2, 0) is 6.54 Å². The summed E-state index contributed by atoms with van der Waals surface area (Å²) in [5.41, 5.74) is 1.59. The third kappa shape index (κ3) is 3.84. The van der Waals surface area contributed by atoms with Gasteiger partial charge in [0.2, 0.25) is 0 Å². The molecular weight excluding hydrogens is 430 g/mol. The molecule has 5 atom stereocenters. The molecule has 1 saturated heterocycles. The Morgan fingerprint density at radius 1 is 1.24 bits per heavy atom. The van der Waals surface area contributed by atoms with E-state index in [1.54, 1.807) is 29.4 Å². The first-order chi connectivity index (χ1) is 16.0. The van der Waals surface area contributed by atoms with Crippen LogP contribution in [0, 0.1) is 16.0 Å². The van der Waals surface area contributed by atoms with E-state index in [0.29, 0.717) is 18.8 Å². The third-order valence-corrected chi connectivity index (χ3v) is 6.81. The number of rotatable bonds is 6. The van der Waals surface area contributed by atoms with Crippen molar-refractivity contribution in [2.75, 3.05) is 24.7 Å². The molecule has 176 valence electrons. The number of imidazole rings is 1. The number of nitro benzene ring substituents is 1. The van der Waals surface area contributed by atoms with E-state index in [1.165, 1.54) is 12.1 Å². The number of nitro groups is 1. The van der Waals surface area contributed by atoms with Gasteiger partial charge in [0, 0.05) is 31.2 Å². The van der Waals surface area contributed by atoms with Gasteiger partial charge in [-0.3, -0.25) is 20.1 Å². The van der Waals surface area contributed by atoms with Crippen molar-refractivity contribution in [1.82, 2.24) is 19.9 Å². The molecule has 2 aliphatic heterocycles. The van der Waals surface area contributed by atoms with Crippen molar-refractivity contribution in [2.45, 2.75) is 43.7 Å². The summed E-state index contributed by atoms with van der Waals surface area (Å²) >= 11 is 0. The van der Waals surface area contributed by atoms with Gasteiger partial charge in [0.15, 0.2) is 5.82 Å². The molecular formula is C21H27N7O5. The lowest BCUT2D eigenvalue weighted by molar-refractivity contribution is -0.384. The number of aliphatic hydroxyl groups excluding tert-OH is 3. The zero-order valence-corrected chi connectivity index (χ0v) is 17.9.